The zero-order valence-corrected chi connectivity index (χ0v) is 61.2. The van der Waals surface area contributed by atoms with Gasteiger partial charge in [-0.1, -0.05) is 84.5 Å². The summed E-state index contributed by atoms with van der Waals surface area (Å²) in [7, 11) is 8.21. The Morgan fingerprint density at radius 1 is 0.587 bits per heavy atom. The Labute approximate surface area is 601 Å². The number of nitrogens with zero attached hydrogens (tertiary/aromatic N) is 9. The smallest absolute Gasteiger partial charge is 0.343 e. The van der Waals surface area contributed by atoms with Crippen LogP contribution >= 0.6 is 0 Å². The van der Waals surface area contributed by atoms with E-state index in [0.717, 1.165) is 62.1 Å². The van der Waals surface area contributed by atoms with Crippen LogP contribution in [0.4, 0.5) is 43.9 Å². The van der Waals surface area contributed by atoms with Gasteiger partial charge in [0.05, 0.1) is 39.0 Å². The maximum Gasteiger partial charge on any atom is 0.397 e. The maximum absolute atomic E-state index is 16.1. The molecule has 34 heteroatoms. The van der Waals surface area contributed by atoms with Crippen molar-refractivity contribution in [2.75, 3.05) is 88.6 Å². The molecule has 1 spiro atoms. The third-order valence-electron chi connectivity index (χ3n) is 22.9. The standard InChI is InChI=1S/C70H106F10N12O12/c1-10-41(2)57-64(102)86(5)38-54(95)84(3)39-55(96)87(6)48(33-42-21-13-11-14-22-42)62(100)85(4)37-52(93)81-47(26-25-43-31-45(71)56(46(72)32-43)70(78,79)80)61(99)92-40-68(73,74)35-51(92)60(98)83-67(27-17-18-28-67)66(104)90(9)58(44-23-15-12-16-24-44)65(103)89(8)49(63(101)91-29-19-20-30-91)34-53(94)88(7)50(59(97)82-57)36-69(75,76)77/h41-51,56-58H,10-40H2,1-9H3,(H,81,93)(H,82,97)(H,83,98)/t41-,43?,45?,46?,47-,48-,49-,50-,51-,56?,57-,58-/m0/s1. The third-order valence-corrected chi connectivity index (χ3v) is 22.9. The highest BCUT2D eigenvalue weighted by molar-refractivity contribution is 6.01. The van der Waals surface area contributed by atoms with Crippen molar-refractivity contribution in [1.29, 1.82) is 0 Å². The van der Waals surface area contributed by atoms with Gasteiger partial charge in [-0.3, -0.25) is 57.5 Å². The molecule has 588 valence electrons. The molecule has 7 aliphatic rings. The molecule has 0 aromatic rings. The Hall–Kier alpha value is -7.06. The van der Waals surface area contributed by atoms with Crippen molar-refractivity contribution >= 4 is 70.9 Å². The fourth-order valence-electron chi connectivity index (χ4n) is 16.4. The minimum atomic E-state index is -5.26. The van der Waals surface area contributed by atoms with Crippen LogP contribution in [0.15, 0.2) is 0 Å². The molecule has 0 aromatic carbocycles. The SMILES string of the molecule is CC[C@H](C)[C@@H]1NC(=O)[C@H](CC(F)(F)F)N(C)C(=O)C[C@@H](C(=O)N2CCCC2)N(C)C(=O)[C@H](C2CCCCC2)N(C)C(=O)C2(CCCC2)NC(=O)[C@@H]2CC(F)(F)CN2C(=O)[C@H](CCC2CC(F)C(C(F)(F)F)C(F)C2)NC(=O)CN(C)C(=O)[C@H](CC2CCCCC2)N(C)C(=O)CN(C)C(=O)CN(C)C1=O. The second kappa shape index (κ2) is 35.6. The summed E-state index contributed by atoms with van der Waals surface area (Å²) >= 11 is 0. The molecule has 3 N–H and O–H groups in total. The van der Waals surface area contributed by atoms with Gasteiger partial charge in [0.25, 0.3) is 5.92 Å². The van der Waals surface area contributed by atoms with E-state index in [1.54, 1.807) is 6.92 Å². The molecular formula is C70H106F10N12O12. The molecule has 0 bridgehead atoms. The Kier molecular flexibility index (Phi) is 28.8. The third kappa shape index (κ3) is 21.0. The Balaban J connectivity index is 1.31. The van der Waals surface area contributed by atoms with Crippen LogP contribution in [0.5, 0.6) is 0 Å². The van der Waals surface area contributed by atoms with Crippen molar-refractivity contribution in [1.82, 2.24) is 60.0 Å². The van der Waals surface area contributed by atoms with Crippen molar-refractivity contribution in [2.24, 2.45) is 29.6 Å². The molecule has 7 rings (SSSR count). The van der Waals surface area contributed by atoms with Gasteiger partial charge in [0.1, 0.15) is 66.1 Å². The highest BCUT2D eigenvalue weighted by Crippen LogP contribution is 2.45. The van der Waals surface area contributed by atoms with E-state index < -0.39 is 244 Å². The first-order valence-corrected chi connectivity index (χ1v) is 36.7. The van der Waals surface area contributed by atoms with Gasteiger partial charge in [-0.2, -0.15) is 26.3 Å². The molecule has 3 saturated heterocycles. The van der Waals surface area contributed by atoms with Gasteiger partial charge in [-0.25, -0.2) is 17.6 Å². The number of likely N-dealkylation sites (N-methyl/N-ethyl adjacent to an activating group) is 7. The molecule has 4 aliphatic carbocycles. The summed E-state index contributed by atoms with van der Waals surface area (Å²) in [6, 6.07) is -12.7. The molecule has 7 fully saturated rings. The van der Waals surface area contributed by atoms with E-state index in [4.69, 9.17) is 0 Å². The van der Waals surface area contributed by atoms with E-state index in [9.17, 15) is 64.7 Å². The quantitative estimate of drug-likeness (QED) is 0.215. The molecule has 2 unspecified atom stereocenters. The molecule has 0 radical (unpaired) electrons. The highest BCUT2D eigenvalue weighted by Gasteiger charge is 2.57. The predicted molar refractivity (Wildman–Crippen MR) is 357 cm³/mol. The summed E-state index contributed by atoms with van der Waals surface area (Å²) < 4.78 is 149. The lowest BCUT2D eigenvalue weighted by Gasteiger charge is -2.43. The zero-order chi connectivity index (χ0) is 77.2. The lowest BCUT2D eigenvalue weighted by Crippen LogP contribution is -2.65. The van der Waals surface area contributed by atoms with Crippen LogP contribution in [0.1, 0.15) is 174 Å². The lowest BCUT2D eigenvalue weighted by atomic mass is 9.76. The minimum Gasteiger partial charge on any atom is -0.343 e. The van der Waals surface area contributed by atoms with Gasteiger partial charge in [-0.15, -0.1) is 0 Å². The molecule has 3 aliphatic heterocycles. The number of fused-ring (bicyclic) bond motifs is 1. The molecular weight excluding hydrogens is 1390 g/mol. The summed E-state index contributed by atoms with van der Waals surface area (Å²) in [6.45, 7) is -0.391. The number of carbonyl (C=O) groups is 12. The second-order valence-corrected chi connectivity index (χ2v) is 30.5. The number of nitrogens with one attached hydrogen (secondary N) is 3. The molecule has 0 aromatic heterocycles. The first kappa shape index (κ1) is 84.2. The summed E-state index contributed by atoms with van der Waals surface area (Å²) in [5.41, 5.74) is -1.97. The molecule has 104 heavy (non-hydrogen) atoms. The van der Waals surface area contributed by atoms with Crippen LogP contribution < -0.4 is 16.0 Å². The number of halogens is 10. The van der Waals surface area contributed by atoms with Crippen LogP contribution in [0.2, 0.25) is 0 Å². The van der Waals surface area contributed by atoms with Crippen LogP contribution in [0.3, 0.4) is 0 Å². The van der Waals surface area contributed by atoms with Crippen molar-refractivity contribution in [3.63, 3.8) is 0 Å². The summed E-state index contributed by atoms with van der Waals surface area (Å²) in [5, 5.41) is 7.49. The fraction of sp³-hybridized carbons (Fsp3) is 0.829. The molecule has 4 saturated carbocycles. The van der Waals surface area contributed by atoms with E-state index in [0.29, 0.717) is 61.2 Å². The zero-order valence-electron chi connectivity index (χ0n) is 61.2. The average Bonchev–Trinajstić information content (AvgIpc) is 1.51. The fourth-order valence-corrected chi connectivity index (χ4v) is 16.4. The summed E-state index contributed by atoms with van der Waals surface area (Å²) in [4.78, 5) is 186. The van der Waals surface area contributed by atoms with Crippen LogP contribution in [-0.4, -0.2) is 282 Å². The number of hydrogen-bond donors (Lipinski definition) is 3. The van der Waals surface area contributed by atoms with Gasteiger partial charge in [0.15, 0.2) is 0 Å². The van der Waals surface area contributed by atoms with Gasteiger partial charge < -0.3 is 60.0 Å². The number of likely N-dealkylation sites (tertiary alicyclic amines) is 1. The van der Waals surface area contributed by atoms with Crippen molar-refractivity contribution in [3.05, 3.63) is 0 Å². The molecule has 10 atom stereocenters. The van der Waals surface area contributed by atoms with E-state index in [2.05, 4.69) is 16.0 Å². The van der Waals surface area contributed by atoms with Gasteiger partial charge in [0.2, 0.25) is 70.9 Å². The van der Waals surface area contributed by atoms with Crippen LogP contribution in [0, 0.1) is 29.6 Å². The number of amides is 12. The molecule has 3 heterocycles. The van der Waals surface area contributed by atoms with Gasteiger partial charge in [-0.05, 0) is 94.3 Å². The number of carbonyl (C=O) groups excluding carboxylic acids is 12. The van der Waals surface area contributed by atoms with E-state index in [1.807, 2.05) is 0 Å². The normalized spacial score (nSPS) is 30.7. The van der Waals surface area contributed by atoms with E-state index in [1.165, 1.54) is 54.1 Å². The predicted octanol–water partition coefficient (Wildman–Crippen LogP) is 5.92. The molecule has 24 nitrogen and oxygen atoms in total. The Morgan fingerprint density at radius 2 is 1.14 bits per heavy atom. The number of hydrogen-bond acceptors (Lipinski definition) is 12. The molecule has 12 amide bonds. The lowest BCUT2D eigenvalue weighted by molar-refractivity contribution is -0.219. The minimum absolute atomic E-state index is 0.0482. The Bertz CT molecular complexity index is 3080. The topological polar surface area (TPSA) is 270 Å². The van der Waals surface area contributed by atoms with E-state index in [-0.39, 0.29) is 57.5 Å². The van der Waals surface area contributed by atoms with Crippen molar-refractivity contribution in [2.45, 2.75) is 253 Å². The van der Waals surface area contributed by atoms with Gasteiger partial charge in [0, 0.05) is 68.8 Å². The Morgan fingerprint density at radius 3 is 1.71 bits per heavy atom. The van der Waals surface area contributed by atoms with Crippen LogP contribution in [0.25, 0.3) is 0 Å². The number of rotatable bonds is 10. The van der Waals surface area contributed by atoms with Crippen LogP contribution in [-0.2, 0) is 57.5 Å². The van der Waals surface area contributed by atoms with Crippen molar-refractivity contribution < 1.29 is 101 Å². The number of alkyl halides is 10. The first-order valence-electron chi connectivity index (χ1n) is 36.7. The van der Waals surface area contributed by atoms with Gasteiger partial charge >= 0.3 is 12.4 Å². The van der Waals surface area contributed by atoms with Crippen molar-refractivity contribution in [3.8, 4) is 0 Å². The first-order chi connectivity index (χ1) is 48.6. The largest absolute Gasteiger partial charge is 0.397 e. The summed E-state index contributed by atoms with van der Waals surface area (Å²) in [5.74, 6) is -22.1. The maximum atomic E-state index is 16.1. The highest BCUT2D eigenvalue weighted by atomic mass is 19.4. The van der Waals surface area contributed by atoms with E-state index >= 15 is 36.7 Å². The second-order valence-electron chi connectivity index (χ2n) is 30.5. The summed E-state index contributed by atoms with van der Waals surface area (Å²) in [6.07, 6.45) is -15.3. The average molecular weight is 1500 g/mol. The monoisotopic (exact) mass is 1500 g/mol.